The first-order chi connectivity index (χ1) is 9.25. The van der Waals surface area contributed by atoms with Crippen LogP contribution in [0, 0.1) is 5.92 Å². The number of nitrogens with one attached hydrogen (secondary N) is 1. The Hall–Kier alpha value is -1.78. The standard InChI is InChI=1S/C14H19N3O2/c18-13(11-3-1-4-11)16-7-9-17(10-8-16)14(19)12-5-2-6-15-12/h2,5-6,11,15H,1,3-4,7-10H2. The predicted octanol–water partition coefficient (Wildman–Crippen LogP) is 1.10. The van der Waals surface area contributed by atoms with Crippen LogP contribution >= 0.6 is 0 Å². The minimum atomic E-state index is 0.0285. The lowest BCUT2D eigenvalue weighted by atomic mass is 9.84. The average molecular weight is 261 g/mol. The molecule has 1 aromatic rings. The number of hydrogen-bond acceptors (Lipinski definition) is 2. The number of aromatic amines is 1. The van der Waals surface area contributed by atoms with Crippen LogP contribution in [0.25, 0.3) is 0 Å². The number of H-pyrrole nitrogens is 1. The van der Waals surface area contributed by atoms with E-state index in [-0.39, 0.29) is 11.8 Å². The van der Waals surface area contributed by atoms with E-state index in [1.807, 2.05) is 15.9 Å². The zero-order valence-corrected chi connectivity index (χ0v) is 11.0. The Balaban J connectivity index is 1.54. The number of rotatable bonds is 2. The van der Waals surface area contributed by atoms with E-state index in [1.165, 1.54) is 6.42 Å². The summed E-state index contributed by atoms with van der Waals surface area (Å²) in [4.78, 5) is 30.9. The highest BCUT2D eigenvalue weighted by atomic mass is 16.2. The van der Waals surface area contributed by atoms with Crippen LogP contribution in [0.4, 0.5) is 0 Å². The Morgan fingerprint density at radius 2 is 1.79 bits per heavy atom. The maximum atomic E-state index is 12.1. The first-order valence-electron chi connectivity index (χ1n) is 6.97. The third-order valence-corrected chi connectivity index (χ3v) is 4.16. The van der Waals surface area contributed by atoms with Crippen LogP contribution in [-0.4, -0.2) is 52.8 Å². The lowest BCUT2D eigenvalue weighted by molar-refractivity contribution is -0.139. The molecule has 2 amide bonds. The van der Waals surface area contributed by atoms with E-state index in [0.29, 0.717) is 37.8 Å². The summed E-state index contributed by atoms with van der Waals surface area (Å²) in [5.41, 5.74) is 0.624. The molecule has 1 N–H and O–H groups in total. The number of amides is 2. The van der Waals surface area contributed by atoms with Gasteiger partial charge in [-0.3, -0.25) is 9.59 Å². The van der Waals surface area contributed by atoms with Gasteiger partial charge < -0.3 is 14.8 Å². The largest absolute Gasteiger partial charge is 0.357 e. The molecule has 1 saturated heterocycles. The average Bonchev–Trinajstić information content (AvgIpc) is 2.90. The first-order valence-corrected chi connectivity index (χ1v) is 6.97. The molecule has 19 heavy (non-hydrogen) atoms. The maximum Gasteiger partial charge on any atom is 0.270 e. The molecule has 102 valence electrons. The lowest BCUT2D eigenvalue weighted by Crippen LogP contribution is -2.52. The van der Waals surface area contributed by atoms with Gasteiger partial charge >= 0.3 is 0 Å². The minimum absolute atomic E-state index is 0.0285. The summed E-state index contributed by atoms with van der Waals surface area (Å²) >= 11 is 0. The molecule has 0 bridgehead atoms. The molecule has 2 fully saturated rings. The van der Waals surface area contributed by atoms with Gasteiger partial charge in [-0.05, 0) is 25.0 Å². The summed E-state index contributed by atoms with van der Waals surface area (Å²) in [6.45, 7) is 2.61. The molecule has 0 unspecified atom stereocenters. The minimum Gasteiger partial charge on any atom is -0.357 e. The van der Waals surface area contributed by atoms with Crippen molar-refractivity contribution in [3.8, 4) is 0 Å². The maximum absolute atomic E-state index is 12.1. The van der Waals surface area contributed by atoms with Crippen molar-refractivity contribution in [3.63, 3.8) is 0 Å². The van der Waals surface area contributed by atoms with Crippen molar-refractivity contribution in [2.75, 3.05) is 26.2 Å². The van der Waals surface area contributed by atoms with E-state index in [0.717, 1.165) is 12.8 Å². The number of carbonyl (C=O) groups is 2. The third-order valence-electron chi connectivity index (χ3n) is 4.16. The number of carbonyl (C=O) groups excluding carboxylic acids is 2. The molecule has 1 aliphatic carbocycles. The Kier molecular flexibility index (Phi) is 3.27. The first kappa shape index (κ1) is 12.3. The molecule has 2 aliphatic rings. The molecule has 5 nitrogen and oxygen atoms in total. The van der Waals surface area contributed by atoms with Crippen molar-refractivity contribution in [2.45, 2.75) is 19.3 Å². The molecule has 0 radical (unpaired) electrons. The Morgan fingerprint density at radius 3 is 2.32 bits per heavy atom. The fourth-order valence-corrected chi connectivity index (χ4v) is 2.68. The van der Waals surface area contributed by atoms with E-state index in [2.05, 4.69) is 4.98 Å². The topological polar surface area (TPSA) is 56.4 Å². The Bertz CT molecular complexity index is 457. The highest BCUT2D eigenvalue weighted by molar-refractivity contribution is 5.92. The van der Waals surface area contributed by atoms with Crippen molar-refractivity contribution in [1.82, 2.24) is 14.8 Å². The van der Waals surface area contributed by atoms with Gasteiger partial charge in [-0.25, -0.2) is 0 Å². The van der Waals surface area contributed by atoms with E-state index in [4.69, 9.17) is 0 Å². The van der Waals surface area contributed by atoms with Crippen LogP contribution in [0.15, 0.2) is 18.3 Å². The summed E-state index contributed by atoms with van der Waals surface area (Å²) < 4.78 is 0. The highest BCUT2D eigenvalue weighted by Gasteiger charge is 2.32. The summed E-state index contributed by atoms with van der Waals surface area (Å²) in [5, 5.41) is 0. The molecule has 1 aromatic heterocycles. The van der Waals surface area contributed by atoms with Crippen LogP contribution in [0.1, 0.15) is 29.8 Å². The zero-order chi connectivity index (χ0) is 13.2. The second-order valence-corrected chi connectivity index (χ2v) is 5.33. The molecule has 1 aliphatic heterocycles. The summed E-state index contributed by atoms with van der Waals surface area (Å²) in [6.07, 6.45) is 5.02. The number of aromatic nitrogens is 1. The van der Waals surface area contributed by atoms with Crippen LogP contribution in [0.2, 0.25) is 0 Å². The van der Waals surface area contributed by atoms with Crippen LogP contribution < -0.4 is 0 Å². The van der Waals surface area contributed by atoms with Gasteiger partial charge in [-0.2, -0.15) is 0 Å². The quantitative estimate of drug-likeness (QED) is 0.866. The van der Waals surface area contributed by atoms with Crippen LogP contribution in [-0.2, 0) is 4.79 Å². The fraction of sp³-hybridized carbons (Fsp3) is 0.571. The van der Waals surface area contributed by atoms with Crippen LogP contribution in [0.5, 0.6) is 0 Å². The van der Waals surface area contributed by atoms with Crippen molar-refractivity contribution < 1.29 is 9.59 Å². The fourth-order valence-electron chi connectivity index (χ4n) is 2.68. The van der Waals surface area contributed by atoms with Crippen molar-refractivity contribution in [3.05, 3.63) is 24.0 Å². The molecule has 0 aromatic carbocycles. The molecule has 0 spiro atoms. The van der Waals surface area contributed by atoms with Gasteiger partial charge in [0.15, 0.2) is 0 Å². The van der Waals surface area contributed by atoms with Gasteiger partial charge in [-0.15, -0.1) is 0 Å². The van der Waals surface area contributed by atoms with E-state index in [1.54, 1.807) is 12.3 Å². The highest BCUT2D eigenvalue weighted by Crippen LogP contribution is 2.28. The summed E-state index contributed by atoms with van der Waals surface area (Å²) in [6, 6.07) is 3.61. The zero-order valence-electron chi connectivity index (χ0n) is 11.0. The molecule has 0 atom stereocenters. The Morgan fingerprint density at radius 1 is 1.11 bits per heavy atom. The number of piperazine rings is 1. The molecular formula is C14H19N3O2. The van der Waals surface area contributed by atoms with E-state index in [9.17, 15) is 9.59 Å². The SMILES string of the molecule is O=C(c1ccc[nH]1)N1CCN(C(=O)C2CCC2)CC1. The monoisotopic (exact) mass is 261 g/mol. The summed E-state index contributed by atoms with van der Waals surface area (Å²) in [5.74, 6) is 0.574. The van der Waals surface area contributed by atoms with Crippen LogP contribution in [0.3, 0.4) is 0 Å². The van der Waals surface area contributed by atoms with Gasteiger partial charge in [0.05, 0.1) is 0 Å². The smallest absolute Gasteiger partial charge is 0.270 e. The van der Waals surface area contributed by atoms with Crippen molar-refractivity contribution >= 4 is 11.8 Å². The third kappa shape index (κ3) is 2.37. The van der Waals surface area contributed by atoms with Crippen molar-refractivity contribution in [1.29, 1.82) is 0 Å². The summed E-state index contributed by atoms with van der Waals surface area (Å²) in [7, 11) is 0. The van der Waals surface area contributed by atoms with Gasteiger partial charge in [0.1, 0.15) is 5.69 Å². The molecule has 2 heterocycles. The molecule has 5 heteroatoms. The lowest BCUT2D eigenvalue weighted by Gasteiger charge is -2.38. The van der Waals surface area contributed by atoms with Crippen molar-refractivity contribution in [2.24, 2.45) is 5.92 Å². The second-order valence-electron chi connectivity index (χ2n) is 5.33. The van der Waals surface area contributed by atoms with Gasteiger partial charge in [0, 0.05) is 38.3 Å². The predicted molar refractivity (Wildman–Crippen MR) is 70.6 cm³/mol. The van der Waals surface area contributed by atoms with Gasteiger partial charge in [-0.1, -0.05) is 6.42 Å². The van der Waals surface area contributed by atoms with E-state index >= 15 is 0 Å². The van der Waals surface area contributed by atoms with Gasteiger partial charge in [0.2, 0.25) is 5.91 Å². The normalized spacial score (nSPS) is 20.2. The molecule has 3 rings (SSSR count). The molecule has 1 saturated carbocycles. The number of hydrogen-bond donors (Lipinski definition) is 1. The van der Waals surface area contributed by atoms with E-state index < -0.39 is 0 Å². The van der Waals surface area contributed by atoms with Gasteiger partial charge in [0.25, 0.3) is 5.91 Å². The molecular weight excluding hydrogens is 242 g/mol. The second kappa shape index (κ2) is 5.07. The number of nitrogens with zero attached hydrogens (tertiary/aromatic N) is 2. The Labute approximate surface area is 112 Å².